The van der Waals surface area contributed by atoms with Crippen molar-refractivity contribution in [3.05, 3.63) is 35.4 Å². The van der Waals surface area contributed by atoms with Gasteiger partial charge in [0.2, 0.25) is 0 Å². The van der Waals surface area contributed by atoms with E-state index in [1.807, 2.05) is 38.1 Å². The van der Waals surface area contributed by atoms with Gasteiger partial charge in [-0.05, 0) is 37.5 Å². The first-order valence-electron chi connectivity index (χ1n) is 9.48. The smallest absolute Gasteiger partial charge is 0.310 e. The van der Waals surface area contributed by atoms with E-state index in [9.17, 15) is 9.59 Å². The van der Waals surface area contributed by atoms with Crippen LogP contribution in [0.25, 0.3) is 0 Å². The fraction of sp³-hybridized carbons (Fsp3) is 0.550. The Morgan fingerprint density at radius 2 is 1.81 bits per heavy atom. The third-order valence-corrected chi connectivity index (χ3v) is 4.72. The normalized spacial score (nSPS) is 19.7. The number of guanidine groups is 1. The number of esters is 1. The molecule has 7 heteroatoms. The molecule has 2 rings (SSSR count). The maximum atomic E-state index is 11.9. The van der Waals surface area contributed by atoms with Crippen LogP contribution in [0.5, 0.6) is 0 Å². The molecule has 0 aromatic heterocycles. The van der Waals surface area contributed by atoms with E-state index >= 15 is 0 Å². The highest BCUT2D eigenvalue weighted by atomic mass is 16.5. The SMILES string of the molecule is CCNC(=O)c1ccc(CN=C(NCC)N2CC(C)C(C(=O)OC)C2)cc1. The number of carbonyl (C=O) groups is 2. The number of aliphatic imine (C=N–C) groups is 1. The van der Waals surface area contributed by atoms with Gasteiger partial charge >= 0.3 is 5.97 Å². The van der Waals surface area contributed by atoms with E-state index in [-0.39, 0.29) is 23.7 Å². The van der Waals surface area contributed by atoms with Crippen molar-refractivity contribution in [2.75, 3.05) is 33.3 Å². The van der Waals surface area contributed by atoms with E-state index in [2.05, 4.69) is 22.5 Å². The van der Waals surface area contributed by atoms with Gasteiger partial charge in [0.15, 0.2) is 5.96 Å². The number of hydrogen-bond donors (Lipinski definition) is 2. The maximum Gasteiger partial charge on any atom is 0.310 e. The average Bonchev–Trinajstić information content (AvgIpc) is 3.06. The fourth-order valence-electron chi connectivity index (χ4n) is 3.21. The average molecular weight is 374 g/mol. The number of ether oxygens (including phenoxy) is 1. The van der Waals surface area contributed by atoms with E-state index < -0.39 is 0 Å². The summed E-state index contributed by atoms with van der Waals surface area (Å²) in [5, 5.41) is 6.09. The summed E-state index contributed by atoms with van der Waals surface area (Å²) in [6.07, 6.45) is 0. The highest BCUT2D eigenvalue weighted by Gasteiger charge is 2.36. The standard InChI is InChI=1S/C20H30N4O3/c1-5-21-18(25)16-9-7-15(8-10-16)11-23-20(22-6-2)24-12-14(3)17(13-24)19(26)27-4/h7-10,14,17H,5-6,11-13H2,1-4H3,(H,21,25)(H,22,23). The van der Waals surface area contributed by atoms with Crippen LogP contribution >= 0.6 is 0 Å². The van der Waals surface area contributed by atoms with Crippen LogP contribution < -0.4 is 10.6 Å². The van der Waals surface area contributed by atoms with Gasteiger partial charge in [-0.1, -0.05) is 19.1 Å². The van der Waals surface area contributed by atoms with E-state index in [1.165, 1.54) is 7.11 Å². The molecule has 0 saturated carbocycles. The molecule has 1 aromatic rings. The lowest BCUT2D eigenvalue weighted by Gasteiger charge is -2.21. The van der Waals surface area contributed by atoms with Crippen LogP contribution in [0.1, 0.15) is 36.7 Å². The van der Waals surface area contributed by atoms with E-state index in [1.54, 1.807) is 0 Å². The second kappa shape index (κ2) is 9.94. The van der Waals surface area contributed by atoms with Gasteiger partial charge in [0, 0.05) is 31.7 Å². The van der Waals surface area contributed by atoms with Gasteiger partial charge in [-0.2, -0.15) is 0 Å². The summed E-state index contributed by atoms with van der Waals surface area (Å²) in [6, 6.07) is 7.46. The van der Waals surface area contributed by atoms with Crippen molar-refractivity contribution in [2.24, 2.45) is 16.8 Å². The molecular formula is C20H30N4O3. The molecule has 1 aromatic carbocycles. The minimum absolute atomic E-state index is 0.0687. The maximum absolute atomic E-state index is 11.9. The van der Waals surface area contributed by atoms with Gasteiger partial charge in [-0.15, -0.1) is 0 Å². The lowest BCUT2D eigenvalue weighted by atomic mass is 9.99. The van der Waals surface area contributed by atoms with Gasteiger partial charge in [-0.3, -0.25) is 9.59 Å². The Hall–Kier alpha value is -2.57. The van der Waals surface area contributed by atoms with Crippen LogP contribution in [0.15, 0.2) is 29.3 Å². The Kier molecular flexibility index (Phi) is 7.64. The van der Waals surface area contributed by atoms with Gasteiger partial charge in [0.1, 0.15) is 0 Å². The largest absolute Gasteiger partial charge is 0.469 e. The summed E-state index contributed by atoms with van der Waals surface area (Å²) < 4.78 is 4.91. The number of methoxy groups -OCH3 is 1. The molecular weight excluding hydrogens is 344 g/mol. The second-order valence-corrected chi connectivity index (χ2v) is 6.74. The number of amides is 1. The number of rotatable bonds is 6. The molecule has 2 N–H and O–H groups in total. The molecule has 148 valence electrons. The number of hydrogen-bond acceptors (Lipinski definition) is 4. The fourth-order valence-corrected chi connectivity index (χ4v) is 3.21. The Morgan fingerprint density at radius 3 is 2.41 bits per heavy atom. The van der Waals surface area contributed by atoms with Crippen molar-refractivity contribution < 1.29 is 14.3 Å². The molecule has 2 unspecified atom stereocenters. The first-order chi connectivity index (χ1) is 13.0. The quantitative estimate of drug-likeness (QED) is 0.449. The molecule has 0 radical (unpaired) electrons. The third kappa shape index (κ3) is 5.45. The highest BCUT2D eigenvalue weighted by Crippen LogP contribution is 2.24. The molecule has 1 aliphatic rings. The summed E-state index contributed by atoms with van der Waals surface area (Å²) in [5.74, 6) is 0.652. The van der Waals surface area contributed by atoms with Crippen LogP contribution in [-0.2, 0) is 16.1 Å². The van der Waals surface area contributed by atoms with Crippen molar-refractivity contribution in [3.63, 3.8) is 0 Å². The summed E-state index contributed by atoms with van der Waals surface area (Å²) >= 11 is 0. The van der Waals surface area contributed by atoms with Crippen molar-refractivity contribution in [1.82, 2.24) is 15.5 Å². The van der Waals surface area contributed by atoms with Crippen molar-refractivity contribution in [3.8, 4) is 0 Å². The number of likely N-dealkylation sites (tertiary alicyclic amines) is 1. The lowest BCUT2D eigenvalue weighted by molar-refractivity contribution is -0.145. The second-order valence-electron chi connectivity index (χ2n) is 6.74. The Morgan fingerprint density at radius 1 is 1.15 bits per heavy atom. The molecule has 1 aliphatic heterocycles. The number of nitrogens with one attached hydrogen (secondary N) is 2. The number of nitrogens with zero attached hydrogens (tertiary/aromatic N) is 2. The molecule has 7 nitrogen and oxygen atoms in total. The molecule has 2 atom stereocenters. The molecule has 0 bridgehead atoms. The van der Waals surface area contributed by atoms with Crippen molar-refractivity contribution in [1.29, 1.82) is 0 Å². The molecule has 1 heterocycles. The van der Waals surface area contributed by atoms with Crippen molar-refractivity contribution >= 4 is 17.8 Å². The zero-order valence-electron chi connectivity index (χ0n) is 16.6. The van der Waals surface area contributed by atoms with Crippen LogP contribution in [0.2, 0.25) is 0 Å². The number of benzene rings is 1. The Labute approximate surface area is 161 Å². The van der Waals surface area contributed by atoms with Gasteiger partial charge in [0.05, 0.1) is 19.6 Å². The molecule has 27 heavy (non-hydrogen) atoms. The molecule has 0 spiro atoms. The van der Waals surface area contributed by atoms with E-state index in [0.717, 1.165) is 24.6 Å². The van der Waals surface area contributed by atoms with Crippen LogP contribution in [0.3, 0.4) is 0 Å². The predicted molar refractivity (Wildman–Crippen MR) is 106 cm³/mol. The van der Waals surface area contributed by atoms with Crippen LogP contribution in [-0.4, -0.2) is 56.0 Å². The van der Waals surface area contributed by atoms with Crippen LogP contribution in [0.4, 0.5) is 0 Å². The summed E-state index contributed by atoms with van der Waals surface area (Å²) in [7, 11) is 1.43. The molecule has 1 fully saturated rings. The van der Waals surface area contributed by atoms with E-state index in [0.29, 0.717) is 25.2 Å². The first-order valence-corrected chi connectivity index (χ1v) is 9.48. The minimum Gasteiger partial charge on any atom is -0.469 e. The molecule has 0 aliphatic carbocycles. The zero-order valence-corrected chi connectivity index (χ0v) is 16.6. The van der Waals surface area contributed by atoms with Gasteiger partial charge in [-0.25, -0.2) is 4.99 Å². The highest BCUT2D eigenvalue weighted by molar-refractivity contribution is 5.94. The molecule has 1 amide bonds. The summed E-state index contributed by atoms with van der Waals surface area (Å²) in [4.78, 5) is 30.6. The van der Waals surface area contributed by atoms with Gasteiger partial charge < -0.3 is 20.3 Å². The predicted octanol–water partition coefficient (Wildman–Crippen LogP) is 1.64. The zero-order chi connectivity index (χ0) is 19.8. The first kappa shape index (κ1) is 20.7. The number of carbonyl (C=O) groups excluding carboxylic acids is 2. The van der Waals surface area contributed by atoms with Gasteiger partial charge in [0.25, 0.3) is 5.91 Å². The monoisotopic (exact) mass is 374 g/mol. The third-order valence-electron chi connectivity index (χ3n) is 4.72. The Balaban J connectivity index is 2.05. The molecule has 1 saturated heterocycles. The van der Waals surface area contributed by atoms with E-state index in [4.69, 9.17) is 9.73 Å². The minimum atomic E-state index is -0.165. The summed E-state index contributed by atoms with van der Waals surface area (Å²) in [5.41, 5.74) is 1.67. The van der Waals surface area contributed by atoms with Crippen LogP contribution in [0, 0.1) is 11.8 Å². The lowest BCUT2D eigenvalue weighted by Crippen LogP contribution is -2.40. The van der Waals surface area contributed by atoms with Crippen molar-refractivity contribution in [2.45, 2.75) is 27.3 Å². The summed E-state index contributed by atoms with van der Waals surface area (Å²) in [6.45, 7) is 9.22. The topological polar surface area (TPSA) is 83.0 Å². The Bertz CT molecular complexity index is 672.